The zero-order valence-electron chi connectivity index (χ0n) is 10.3. The monoisotopic (exact) mass is 324 g/mol. The van der Waals surface area contributed by atoms with Gasteiger partial charge in [-0.15, -0.1) is 0 Å². The van der Waals surface area contributed by atoms with Gasteiger partial charge in [0.15, 0.2) is 0 Å². The number of hydrazine groups is 1. The van der Waals surface area contributed by atoms with Crippen LogP contribution < -0.4 is 17.0 Å². The number of halogens is 2. The molecular weight excluding hydrogens is 311 g/mol. The summed E-state index contributed by atoms with van der Waals surface area (Å²) in [5.74, 6) is 5.67. The second-order valence-corrected chi connectivity index (χ2v) is 5.11. The van der Waals surface area contributed by atoms with E-state index < -0.39 is 0 Å². The molecule has 1 atom stereocenters. The lowest BCUT2D eigenvalue weighted by Crippen LogP contribution is -2.29. The van der Waals surface area contributed by atoms with Crippen molar-refractivity contribution in [2.75, 3.05) is 5.73 Å². The third kappa shape index (κ3) is 2.91. The standard InChI is InChI=1S/C13H14BrFN4/c1-7-4-9(13(16)18-6-7)12(19-17)8-2-3-11(15)10(14)5-8/h2-6,12,19H,17H2,1H3,(H2,16,18). The number of anilines is 1. The van der Waals surface area contributed by atoms with E-state index in [1.54, 1.807) is 18.3 Å². The number of benzene rings is 1. The Labute approximate surface area is 119 Å². The molecule has 1 heterocycles. The van der Waals surface area contributed by atoms with Gasteiger partial charge in [0.1, 0.15) is 11.6 Å². The number of aryl methyl sites for hydroxylation is 1. The third-order valence-corrected chi connectivity index (χ3v) is 3.45. The fraction of sp³-hybridized carbons (Fsp3) is 0.154. The molecule has 0 aliphatic rings. The van der Waals surface area contributed by atoms with Crippen LogP contribution in [0.2, 0.25) is 0 Å². The molecule has 1 aromatic heterocycles. The Morgan fingerprint density at radius 1 is 1.37 bits per heavy atom. The maximum atomic E-state index is 13.3. The Hall–Kier alpha value is -1.50. The van der Waals surface area contributed by atoms with E-state index in [4.69, 9.17) is 11.6 Å². The van der Waals surface area contributed by atoms with Gasteiger partial charge < -0.3 is 5.73 Å². The Morgan fingerprint density at radius 3 is 2.74 bits per heavy atom. The van der Waals surface area contributed by atoms with E-state index in [1.807, 2.05) is 13.0 Å². The molecule has 1 aromatic carbocycles. The highest BCUT2D eigenvalue weighted by Gasteiger charge is 2.17. The number of nitrogens with one attached hydrogen (secondary N) is 1. The normalized spacial score (nSPS) is 12.4. The molecule has 100 valence electrons. The summed E-state index contributed by atoms with van der Waals surface area (Å²) in [7, 11) is 0. The Bertz CT molecular complexity index is 603. The van der Waals surface area contributed by atoms with Crippen LogP contribution in [0, 0.1) is 12.7 Å². The van der Waals surface area contributed by atoms with Gasteiger partial charge in [0.2, 0.25) is 0 Å². The summed E-state index contributed by atoms with van der Waals surface area (Å²) in [5.41, 5.74) is 11.1. The van der Waals surface area contributed by atoms with Gasteiger partial charge in [-0.3, -0.25) is 5.84 Å². The van der Waals surface area contributed by atoms with Crippen LogP contribution in [-0.2, 0) is 0 Å². The van der Waals surface area contributed by atoms with Gasteiger partial charge in [0, 0.05) is 11.8 Å². The lowest BCUT2D eigenvalue weighted by atomic mass is 9.99. The van der Waals surface area contributed by atoms with Crippen molar-refractivity contribution in [1.82, 2.24) is 10.4 Å². The van der Waals surface area contributed by atoms with Gasteiger partial charge in [0.05, 0.1) is 10.5 Å². The van der Waals surface area contributed by atoms with E-state index in [9.17, 15) is 4.39 Å². The molecule has 4 nitrogen and oxygen atoms in total. The third-order valence-electron chi connectivity index (χ3n) is 2.84. The van der Waals surface area contributed by atoms with Crippen molar-refractivity contribution in [3.05, 3.63) is 57.4 Å². The van der Waals surface area contributed by atoms with Crippen LogP contribution in [0.25, 0.3) is 0 Å². The number of nitrogens with zero attached hydrogens (tertiary/aromatic N) is 1. The summed E-state index contributed by atoms with van der Waals surface area (Å²) < 4.78 is 13.7. The molecule has 5 N–H and O–H groups in total. The lowest BCUT2D eigenvalue weighted by molar-refractivity contribution is 0.610. The number of hydrogen-bond donors (Lipinski definition) is 3. The highest BCUT2D eigenvalue weighted by atomic mass is 79.9. The van der Waals surface area contributed by atoms with E-state index in [-0.39, 0.29) is 11.9 Å². The van der Waals surface area contributed by atoms with Crippen LogP contribution in [0.15, 0.2) is 34.9 Å². The molecule has 2 rings (SSSR count). The van der Waals surface area contributed by atoms with Crippen LogP contribution in [0.3, 0.4) is 0 Å². The Kier molecular flexibility index (Phi) is 4.14. The molecule has 0 bridgehead atoms. The maximum Gasteiger partial charge on any atom is 0.137 e. The first-order valence-corrected chi connectivity index (χ1v) is 6.45. The number of rotatable bonds is 3. The zero-order valence-corrected chi connectivity index (χ0v) is 11.9. The molecule has 1 unspecified atom stereocenters. The van der Waals surface area contributed by atoms with E-state index in [0.29, 0.717) is 10.3 Å². The summed E-state index contributed by atoms with van der Waals surface area (Å²) in [6.45, 7) is 1.92. The number of hydrogen-bond acceptors (Lipinski definition) is 4. The molecule has 19 heavy (non-hydrogen) atoms. The minimum Gasteiger partial charge on any atom is -0.383 e. The second-order valence-electron chi connectivity index (χ2n) is 4.26. The van der Waals surface area contributed by atoms with E-state index >= 15 is 0 Å². The highest BCUT2D eigenvalue weighted by molar-refractivity contribution is 9.10. The van der Waals surface area contributed by atoms with Crippen molar-refractivity contribution < 1.29 is 4.39 Å². The maximum absolute atomic E-state index is 13.3. The number of nitrogen functional groups attached to an aromatic ring is 1. The van der Waals surface area contributed by atoms with Crippen molar-refractivity contribution in [2.24, 2.45) is 5.84 Å². The summed E-state index contributed by atoms with van der Waals surface area (Å²) in [6, 6.07) is 6.27. The number of aromatic nitrogens is 1. The van der Waals surface area contributed by atoms with Crippen molar-refractivity contribution in [3.63, 3.8) is 0 Å². The first kappa shape index (κ1) is 13.9. The fourth-order valence-electron chi connectivity index (χ4n) is 1.89. The molecule has 0 aliphatic carbocycles. The molecule has 0 fully saturated rings. The van der Waals surface area contributed by atoms with Crippen LogP contribution in [-0.4, -0.2) is 4.98 Å². The van der Waals surface area contributed by atoms with Gasteiger partial charge in [-0.25, -0.2) is 14.8 Å². The average Bonchev–Trinajstić information content (AvgIpc) is 2.38. The quantitative estimate of drug-likeness (QED) is 0.598. The minimum atomic E-state index is -0.343. The highest BCUT2D eigenvalue weighted by Crippen LogP contribution is 2.28. The largest absolute Gasteiger partial charge is 0.383 e. The summed E-state index contributed by atoms with van der Waals surface area (Å²) >= 11 is 3.16. The molecule has 0 saturated heterocycles. The van der Waals surface area contributed by atoms with E-state index in [0.717, 1.165) is 16.7 Å². The number of nitrogens with two attached hydrogens (primary N) is 2. The predicted octanol–water partition coefficient (Wildman–Crippen LogP) is 2.43. The van der Waals surface area contributed by atoms with E-state index in [1.165, 1.54) is 6.07 Å². The van der Waals surface area contributed by atoms with Gasteiger partial charge in [-0.2, -0.15) is 0 Å². The molecule has 0 amide bonds. The number of pyridine rings is 1. The predicted molar refractivity (Wildman–Crippen MR) is 76.7 cm³/mol. The average molecular weight is 325 g/mol. The minimum absolute atomic E-state index is 0.324. The first-order chi connectivity index (χ1) is 9.02. The molecule has 0 saturated carbocycles. The second kappa shape index (κ2) is 5.64. The molecule has 6 heteroatoms. The van der Waals surface area contributed by atoms with Gasteiger partial charge in [-0.05, 0) is 52.2 Å². The van der Waals surface area contributed by atoms with Crippen LogP contribution in [0.1, 0.15) is 22.7 Å². The van der Waals surface area contributed by atoms with Crippen LogP contribution >= 0.6 is 15.9 Å². The molecule has 0 spiro atoms. The SMILES string of the molecule is Cc1cnc(N)c(C(NN)c2ccc(F)c(Br)c2)c1. The van der Waals surface area contributed by atoms with Crippen molar-refractivity contribution in [2.45, 2.75) is 13.0 Å². The summed E-state index contributed by atoms with van der Waals surface area (Å²) in [4.78, 5) is 4.11. The summed E-state index contributed by atoms with van der Waals surface area (Å²) in [6.07, 6.45) is 1.69. The Balaban J connectivity index is 2.49. The van der Waals surface area contributed by atoms with Gasteiger partial charge in [0.25, 0.3) is 0 Å². The van der Waals surface area contributed by atoms with E-state index in [2.05, 4.69) is 26.3 Å². The first-order valence-electron chi connectivity index (χ1n) is 5.66. The van der Waals surface area contributed by atoms with Crippen molar-refractivity contribution in [3.8, 4) is 0 Å². The summed E-state index contributed by atoms with van der Waals surface area (Å²) in [5, 5.41) is 0. The molecule has 0 radical (unpaired) electrons. The van der Waals surface area contributed by atoms with Gasteiger partial charge in [-0.1, -0.05) is 6.07 Å². The fourth-order valence-corrected chi connectivity index (χ4v) is 2.29. The topological polar surface area (TPSA) is 77.0 Å². The molecule has 0 aliphatic heterocycles. The lowest BCUT2D eigenvalue weighted by Gasteiger charge is -2.19. The van der Waals surface area contributed by atoms with Gasteiger partial charge >= 0.3 is 0 Å². The van der Waals surface area contributed by atoms with Crippen LogP contribution in [0.4, 0.5) is 10.2 Å². The Morgan fingerprint density at radius 2 is 2.11 bits per heavy atom. The van der Waals surface area contributed by atoms with Crippen molar-refractivity contribution >= 4 is 21.7 Å². The zero-order chi connectivity index (χ0) is 14.0. The molecule has 2 aromatic rings. The van der Waals surface area contributed by atoms with Crippen molar-refractivity contribution in [1.29, 1.82) is 0 Å². The smallest absolute Gasteiger partial charge is 0.137 e. The molecular formula is C13H14BrFN4. The van der Waals surface area contributed by atoms with Crippen LogP contribution in [0.5, 0.6) is 0 Å².